The van der Waals surface area contributed by atoms with E-state index in [2.05, 4.69) is 4.98 Å². The highest BCUT2D eigenvalue weighted by Crippen LogP contribution is 2.30. The van der Waals surface area contributed by atoms with Gasteiger partial charge in [-0.25, -0.2) is 8.78 Å². The number of halogens is 2. The van der Waals surface area contributed by atoms with Gasteiger partial charge in [0, 0.05) is 17.7 Å². The zero-order valence-electron chi connectivity index (χ0n) is 8.05. The Balaban J connectivity index is 3.31. The molecule has 0 amide bonds. The van der Waals surface area contributed by atoms with Gasteiger partial charge in [0.2, 0.25) is 0 Å². The standard InChI is InChI=1S/C9H12F2N2O/c1-5-7(14-2)4-13-6(3-12)8(5)9(10)11/h4,9H,3,12H2,1-2H3. The highest BCUT2D eigenvalue weighted by molar-refractivity contribution is 5.40. The maximum Gasteiger partial charge on any atom is 0.266 e. The van der Waals surface area contributed by atoms with Crippen LogP contribution in [0.4, 0.5) is 8.78 Å². The van der Waals surface area contributed by atoms with Gasteiger partial charge in [-0.2, -0.15) is 0 Å². The molecule has 0 aromatic carbocycles. The van der Waals surface area contributed by atoms with Crippen LogP contribution in [-0.4, -0.2) is 12.1 Å². The molecule has 0 aliphatic heterocycles. The summed E-state index contributed by atoms with van der Waals surface area (Å²) in [5.41, 5.74) is 5.82. The number of aromatic nitrogens is 1. The van der Waals surface area contributed by atoms with Crippen molar-refractivity contribution < 1.29 is 13.5 Å². The van der Waals surface area contributed by atoms with Gasteiger partial charge < -0.3 is 10.5 Å². The second-order valence-corrected chi connectivity index (χ2v) is 2.82. The van der Waals surface area contributed by atoms with Gasteiger partial charge in [0.15, 0.2) is 0 Å². The summed E-state index contributed by atoms with van der Waals surface area (Å²) in [6, 6.07) is 0. The van der Waals surface area contributed by atoms with E-state index in [4.69, 9.17) is 10.5 Å². The van der Waals surface area contributed by atoms with Crippen LogP contribution in [-0.2, 0) is 6.54 Å². The van der Waals surface area contributed by atoms with Crippen LogP contribution < -0.4 is 10.5 Å². The Kier molecular flexibility index (Phi) is 3.35. The minimum Gasteiger partial charge on any atom is -0.495 e. The monoisotopic (exact) mass is 202 g/mol. The molecule has 0 aliphatic carbocycles. The van der Waals surface area contributed by atoms with Crippen molar-refractivity contribution in [2.45, 2.75) is 19.9 Å². The number of alkyl halides is 2. The van der Waals surface area contributed by atoms with Gasteiger partial charge in [0.1, 0.15) is 5.75 Å². The van der Waals surface area contributed by atoms with Gasteiger partial charge in [-0.3, -0.25) is 4.98 Å². The summed E-state index contributed by atoms with van der Waals surface area (Å²) in [6.07, 6.45) is -1.17. The molecule has 14 heavy (non-hydrogen) atoms. The molecule has 0 spiro atoms. The molecule has 0 fully saturated rings. The second kappa shape index (κ2) is 4.32. The lowest BCUT2D eigenvalue weighted by atomic mass is 10.1. The molecule has 78 valence electrons. The van der Waals surface area contributed by atoms with Crippen LogP contribution in [0.5, 0.6) is 5.75 Å². The van der Waals surface area contributed by atoms with E-state index in [0.29, 0.717) is 11.3 Å². The molecular weight excluding hydrogens is 190 g/mol. The first-order valence-corrected chi connectivity index (χ1v) is 4.12. The molecule has 0 atom stereocenters. The van der Waals surface area contributed by atoms with Crippen LogP contribution in [0.1, 0.15) is 23.2 Å². The molecule has 0 aliphatic rings. The van der Waals surface area contributed by atoms with Crippen LogP contribution in [0.15, 0.2) is 6.20 Å². The van der Waals surface area contributed by atoms with Crippen LogP contribution in [0.3, 0.4) is 0 Å². The van der Waals surface area contributed by atoms with E-state index in [0.717, 1.165) is 0 Å². The summed E-state index contributed by atoms with van der Waals surface area (Å²) in [5, 5.41) is 0. The van der Waals surface area contributed by atoms with E-state index in [1.165, 1.54) is 13.3 Å². The van der Waals surface area contributed by atoms with Gasteiger partial charge in [0.25, 0.3) is 6.43 Å². The van der Waals surface area contributed by atoms with Crippen molar-refractivity contribution in [2.24, 2.45) is 5.73 Å². The quantitative estimate of drug-likeness (QED) is 0.812. The molecule has 1 aromatic heterocycles. The van der Waals surface area contributed by atoms with Gasteiger partial charge in [-0.1, -0.05) is 0 Å². The maximum atomic E-state index is 12.6. The molecule has 0 radical (unpaired) electrons. The molecule has 1 rings (SSSR count). The first kappa shape index (κ1) is 10.8. The Morgan fingerprint density at radius 3 is 2.64 bits per heavy atom. The van der Waals surface area contributed by atoms with Gasteiger partial charge in [0.05, 0.1) is 19.0 Å². The Hall–Kier alpha value is -1.23. The van der Waals surface area contributed by atoms with E-state index in [1.807, 2.05) is 0 Å². The minimum absolute atomic E-state index is 0.00447. The molecule has 0 saturated carbocycles. The van der Waals surface area contributed by atoms with Gasteiger partial charge in [-0.05, 0) is 6.92 Å². The first-order chi connectivity index (χ1) is 6.61. The van der Waals surface area contributed by atoms with Crippen molar-refractivity contribution >= 4 is 0 Å². The number of methoxy groups -OCH3 is 1. The third kappa shape index (κ3) is 1.82. The number of pyridine rings is 1. The number of ether oxygens (including phenoxy) is 1. The molecule has 0 bridgehead atoms. The van der Waals surface area contributed by atoms with Crippen LogP contribution >= 0.6 is 0 Å². The predicted molar refractivity (Wildman–Crippen MR) is 48.4 cm³/mol. The fourth-order valence-electron chi connectivity index (χ4n) is 1.31. The maximum absolute atomic E-state index is 12.6. The molecule has 2 N–H and O–H groups in total. The Morgan fingerprint density at radius 2 is 2.21 bits per heavy atom. The number of hydrogen-bond donors (Lipinski definition) is 1. The first-order valence-electron chi connectivity index (χ1n) is 4.12. The normalized spacial score (nSPS) is 10.7. The smallest absolute Gasteiger partial charge is 0.266 e. The van der Waals surface area contributed by atoms with Crippen molar-refractivity contribution in [2.75, 3.05) is 7.11 Å². The zero-order chi connectivity index (χ0) is 10.7. The minimum atomic E-state index is -2.57. The van der Waals surface area contributed by atoms with Crippen molar-refractivity contribution in [1.82, 2.24) is 4.98 Å². The summed E-state index contributed by atoms with van der Waals surface area (Å²) in [7, 11) is 1.42. The highest BCUT2D eigenvalue weighted by Gasteiger charge is 2.19. The summed E-state index contributed by atoms with van der Waals surface area (Å²) >= 11 is 0. The van der Waals surface area contributed by atoms with Gasteiger partial charge >= 0.3 is 0 Å². The lowest BCUT2D eigenvalue weighted by Crippen LogP contribution is -2.08. The highest BCUT2D eigenvalue weighted by atomic mass is 19.3. The number of nitrogens with two attached hydrogens (primary N) is 1. The topological polar surface area (TPSA) is 48.1 Å². The SMILES string of the molecule is COc1cnc(CN)c(C(F)F)c1C. The lowest BCUT2D eigenvalue weighted by Gasteiger charge is -2.12. The fourth-order valence-corrected chi connectivity index (χ4v) is 1.31. The summed E-state index contributed by atoms with van der Waals surface area (Å²) in [6.45, 7) is 1.58. The van der Waals surface area contributed by atoms with Crippen LogP contribution in [0.2, 0.25) is 0 Å². The van der Waals surface area contributed by atoms with E-state index < -0.39 is 6.43 Å². The Bertz CT molecular complexity index is 329. The average Bonchev–Trinajstić information content (AvgIpc) is 2.16. The van der Waals surface area contributed by atoms with Crippen LogP contribution in [0.25, 0.3) is 0 Å². The van der Waals surface area contributed by atoms with Crippen molar-refractivity contribution in [3.05, 3.63) is 23.0 Å². The third-order valence-corrected chi connectivity index (χ3v) is 2.05. The molecule has 0 unspecified atom stereocenters. The number of hydrogen-bond acceptors (Lipinski definition) is 3. The van der Waals surface area contributed by atoms with Crippen molar-refractivity contribution in [3.63, 3.8) is 0 Å². The van der Waals surface area contributed by atoms with Crippen molar-refractivity contribution in [3.8, 4) is 5.75 Å². The number of rotatable bonds is 3. The third-order valence-electron chi connectivity index (χ3n) is 2.05. The zero-order valence-corrected chi connectivity index (χ0v) is 8.05. The molecule has 0 saturated heterocycles. The number of nitrogens with zero attached hydrogens (tertiary/aromatic N) is 1. The molecule has 1 aromatic rings. The lowest BCUT2D eigenvalue weighted by molar-refractivity contribution is 0.148. The summed E-state index contributed by atoms with van der Waals surface area (Å²) in [5.74, 6) is 0.359. The van der Waals surface area contributed by atoms with E-state index >= 15 is 0 Å². The van der Waals surface area contributed by atoms with Crippen LogP contribution in [0, 0.1) is 6.92 Å². The molecule has 3 nitrogen and oxygen atoms in total. The second-order valence-electron chi connectivity index (χ2n) is 2.82. The fraction of sp³-hybridized carbons (Fsp3) is 0.444. The van der Waals surface area contributed by atoms with E-state index in [9.17, 15) is 8.78 Å². The molecule has 5 heteroatoms. The largest absolute Gasteiger partial charge is 0.495 e. The molecular formula is C9H12F2N2O. The van der Waals surface area contributed by atoms with Crippen molar-refractivity contribution in [1.29, 1.82) is 0 Å². The predicted octanol–water partition coefficient (Wildman–Crippen LogP) is 1.79. The van der Waals surface area contributed by atoms with E-state index in [-0.39, 0.29) is 17.8 Å². The summed E-state index contributed by atoms with van der Waals surface area (Å²) in [4.78, 5) is 3.82. The Morgan fingerprint density at radius 1 is 1.57 bits per heavy atom. The summed E-state index contributed by atoms with van der Waals surface area (Å²) < 4.78 is 30.2. The molecule has 1 heterocycles. The average molecular weight is 202 g/mol. The van der Waals surface area contributed by atoms with E-state index in [1.54, 1.807) is 6.92 Å². The Labute approximate surface area is 80.9 Å². The van der Waals surface area contributed by atoms with Gasteiger partial charge in [-0.15, -0.1) is 0 Å².